The molecule has 2 aromatic rings. The molecule has 124 valence electrons. The highest BCUT2D eigenvalue weighted by Crippen LogP contribution is 2.21. The van der Waals surface area contributed by atoms with Gasteiger partial charge in [0.15, 0.2) is 0 Å². The number of nitrogens with one attached hydrogen (secondary N) is 1. The Bertz CT molecular complexity index is 794. The smallest absolute Gasteiger partial charge is 0.309 e. The zero-order valence-corrected chi connectivity index (χ0v) is 14.1. The summed E-state index contributed by atoms with van der Waals surface area (Å²) in [5.41, 5.74) is 0.527. The average Bonchev–Trinajstić information content (AvgIpc) is 2.96. The molecule has 0 radical (unpaired) electrons. The van der Waals surface area contributed by atoms with Crippen molar-refractivity contribution in [3.05, 3.63) is 30.2 Å². The standard InChI is InChI=1S/C14H18N4O4S/c1-9(2)15-12(19)14-17-16-13(22-14)10-5-7-11(8-6-10)23(20,21)18(3)4/h5-9H,1-4H3,(H,15,19). The van der Waals surface area contributed by atoms with E-state index in [1.807, 2.05) is 13.8 Å². The first-order valence-corrected chi connectivity index (χ1v) is 8.33. The molecule has 0 atom stereocenters. The summed E-state index contributed by atoms with van der Waals surface area (Å²) in [4.78, 5) is 11.9. The third-order valence-corrected chi connectivity index (χ3v) is 4.75. The SMILES string of the molecule is CC(C)NC(=O)c1nnc(-c2ccc(S(=O)(=O)N(C)C)cc2)o1. The van der Waals surface area contributed by atoms with Gasteiger partial charge < -0.3 is 9.73 Å². The molecule has 0 aliphatic rings. The van der Waals surface area contributed by atoms with E-state index in [0.717, 1.165) is 4.31 Å². The number of aromatic nitrogens is 2. The zero-order valence-electron chi connectivity index (χ0n) is 13.3. The zero-order chi connectivity index (χ0) is 17.2. The van der Waals surface area contributed by atoms with E-state index < -0.39 is 15.9 Å². The van der Waals surface area contributed by atoms with Crippen LogP contribution >= 0.6 is 0 Å². The van der Waals surface area contributed by atoms with Crippen molar-refractivity contribution in [1.82, 2.24) is 19.8 Å². The predicted octanol–water partition coefficient (Wildman–Crippen LogP) is 1.13. The monoisotopic (exact) mass is 338 g/mol. The van der Waals surface area contributed by atoms with Gasteiger partial charge in [-0.3, -0.25) is 4.79 Å². The molecule has 1 amide bonds. The molecule has 0 unspecified atom stereocenters. The van der Waals surface area contributed by atoms with Gasteiger partial charge in [0.2, 0.25) is 15.9 Å². The lowest BCUT2D eigenvalue weighted by Gasteiger charge is -2.11. The van der Waals surface area contributed by atoms with Gasteiger partial charge in [0.25, 0.3) is 0 Å². The maximum absolute atomic E-state index is 12.0. The Morgan fingerprint density at radius 1 is 1.17 bits per heavy atom. The van der Waals surface area contributed by atoms with E-state index in [4.69, 9.17) is 4.42 Å². The van der Waals surface area contributed by atoms with Crippen molar-refractivity contribution in [1.29, 1.82) is 0 Å². The first-order chi connectivity index (χ1) is 10.7. The normalized spacial score (nSPS) is 11.9. The highest BCUT2D eigenvalue weighted by atomic mass is 32.2. The summed E-state index contributed by atoms with van der Waals surface area (Å²) in [7, 11) is -0.577. The van der Waals surface area contributed by atoms with E-state index in [9.17, 15) is 13.2 Å². The minimum Gasteiger partial charge on any atom is -0.412 e. The van der Waals surface area contributed by atoms with E-state index in [1.54, 1.807) is 12.1 Å². The number of hydrogen-bond acceptors (Lipinski definition) is 6. The predicted molar refractivity (Wildman–Crippen MR) is 83.2 cm³/mol. The lowest BCUT2D eigenvalue weighted by molar-refractivity contribution is 0.0908. The lowest BCUT2D eigenvalue weighted by atomic mass is 10.2. The van der Waals surface area contributed by atoms with Gasteiger partial charge in [-0.1, -0.05) is 0 Å². The summed E-state index contributed by atoms with van der Waals surface area (Å²) in [5.74, 6) is -0.447. The van der Waals surface area contributed by atoms with Crippen molar-refractivity contribution in [3.63, 3.8) is 0 Å². The summed E-state index contributed by atoms with van der Waals surface area (Å²) >= 11 is 0. The molecule has 0 aliphatic carbocycles. The molecule has 0 fully saturated rings. The lowest BCUT2D eigenvalue weighted by Crippen LogP contribution is -2.30. The number of carbonyl (C=O) groups is 1. The molecule has 2 rings (SSSR count). The third-order valence-electron chi connectivity index (χ3n) is 2.92. The van der Waals surface area contributed by atoms with Gasteiger partial charge in [-0.05, 0) is 38.1 Å². The summed E-state index contributed by atoms with van der Waals surface area (Å²) in [6.07, 6.45) is 0. The fourth-order valence-corrected chi connectivity index (χ4v) is 2.64. The van der Waals surface area contributed by atoms with Crippen molar-refractivity contribution >= 4 is 15.9 Å². The number of rotatable bonds is 5. The van der Waals surface area contributed by atoms with Crippen molar-refractivity contribution in [2.45, 2.75) is 24.8 Å². The largest absolute Gasteiger partial charge is 0.412 e. The van der Waals surface area contributed by atoms with Crippen molar-refractivity contribution in [2.75, 3.05) is 14.1 Å². The molecule has 0 bridgehead atoms. The quantitative estimate of drug-likeness (QED) is 0.876. The summed E-state index contributed by atoms with van der Waals surface area (Å²) in [5, 5.41) is 10.1. The van der Waals surface area contributed by atoms with E-state index in [2.05, 4.69) is 15.5 Å². The maximum Gasteiger partial charge on any atom is 0.309 e. The molecule has 1 aromatic carbocycles. The van der Waals surface area contributed by atoms with Crippen LogP contribution in [0.1, 0.15) is 24.5 Å². The molecule has 8 nitrogen and oxygen atoms in total. The Hall–Kier alpha value is -2.26. The van der Waals surface area contributed by atoms with Gasteiger partial charge in [-0.15, -0.1) is 10.2 Å². The van der Waals surface area contributed by atoms with Gasteiger partial charge in [0.1, 0.15) is 0 Å². The molecule has 0 saturated heterocycles. The number of hydrogen-bond donors (Lipinski definition) is 1. The molecule has 0 spiro atoms. The average molecular weight is 338 g/mol. The molecule has 1 aromatic heterocycles. The number of benzene rings is 1. The maximum atomic E-state index is 12.0. The van der Waals surface area contributed by atoms with Crippen molar-refractivity contribution < 1.29 is 17.6 Å². The second-order valence-corrected chi connectivity index (χ2v) is 7.50. The van der Waals surface area contributed by atoms with Crippen LogP contribution in [0.3, 0.4) is 0 Å². The number of sulfonamides is 1. The Morgan fingerprint density at radius 2 is 1.78 bits per heavy atom. The molecule has 0 aliphatic heterocycles. The minimum absolute atomic E-state index is 0.0478. The van der Waals surface area contributed by atoms with E-state index in [0.29, 0.717) is 5.56 Å². The highest BCUT2D eigenvalue weighted by molar-refractivity contribution is 7.89. The molecule has 0 saturated carbocycles. The van der Waals surface area contributed by atoms with Gasteiger partial charge in [0.05, 0.1) is 4.90 Å². The van der Waals surface area contributed by atoms with Crippen LogP contribution in [-0.4, -0.2) is 49.0 Å². The van der Waals surface area contributed by atoms with Crippen LogP contribution in [0.5, 0.6) is 0 Å². The molecule has 1 N–H and O–H groups in total. The Kier molecular flexibility index (Phi) is 4.81. The van der Waals surface area contributed by atoms with Crippen LogP contribution in [-0.2, 0) is 10.0 Å². The van der Waals surface area contributed by atoms with E-state index in [1.165, 1.54) is 26.2 Å². The Morgan fingerprint density at radius 3 is 2.30 bits per heavy atom. The molecule has 9 heteroatoms. The summed E-state index contributed by atoms with van der Waals surface area (Å²) < 4.78 is 30.4. The van der Waals surface area contributed by atoms with Crippen molar-refractivity contribution in [2.24, 2.45) is 0 Å². The molecule has 23 heavy (non-hydrogen) atoms. The van der Waals surface area contributed by atoms with E-state index >= 15 is 0 Å². The van der Waals surface area contributed by atoms with Crippen LogP contribution < -0.4 is 5.32 Å². The van der Waals surface area contributed by atoms with Gasteiger partial charge in [0, 0.05) is 25.7 Å². The van der Waals surface area contributed by atoms with Crippen LogP contribution in [0.25, 0.3) is 11.5 Å². The minimum atomic E-state index is -3.49. The Balaban J connectivity index is 2.24. The topological polar surface area (TPSA) is 105 Å². The summed E-state index contributed by atoms with van der Waals surface area (Å²) in [6.45, 7) is 3.64. The van der Waals surface area contributed by atoms with Crippen molar-refractivity contribution in [3.8, 4) is 11.5 Å². The second kappa shape index (κ2) is 6.47. The van der Waals surface area contributed by atoms with E-state index in [-0.39, 0.29) is 22.7 Å². The number of amides is 1. The molecule has 1 heterocycles. The van der Waals surface area contributed by atoms with Crippen LogP contribution in [0, 0.1) is 0 Å². The summed E-state index contributed by atoms with van der Waals surface area (Å²) in [6, 6.07) is 5.95. The van der Waals surface area contributed by atoms with Gasteiger partial charge in [-0.2, -0.15) is 0 Å². The Labute approximate surface area is 134 Å². The molecular formula is C14H18N4O4S. The van der Waals surface area contributed by atoms with Gasteiger partial charge in [-0.25, -0.2) is 12.7 Å². The third kappa shape index (κ3) is 3.74. The molecular weight excluding hydrogens is 320 g/mol. The van der Waals surface area contributed by atoms with Gasteiger partial charge >= 0.3 is 11.8 Å². The fourth-order valence-electron chi connectivity index (χ4n) is 1.74. The van der Waals surface area contributed by atoms with Crippen LogP contribution in [0.15, 0.2) is 33.6 Å². The fraction of sp³-hybridized carbons (Fsp3) is 0.357. The first kappa shape index (κ1) is 17.1. The second-order valence-electron chi connectivity index (χ2n) is 5.35. The van der Waals surface area contributed by atoms with Crippen LogP contribution in [0.2, 0.25) is 0 Å². The number of carbonyl (C=O) groups excluding carboxylic acids is 1. The highest BCUT2D eigenvalue weighted by Gasteiger charge is 2.19. The van der Waals surface area contributed by atoms with Crippen LogP contribution in [0.4, 0.5) is 0 Å². The first-order valence-electron chi connectivity index (χ1n) is 6.89. The number of nitrogens with zero attached hydrogens (tertiary/aromatic N) is 3.